The van der Waals surface area contributed by atoms with Crippen LogP contribution in [0.3, 0.4) is 0 Å². The minimum atomic E-state index is 0.527. The number of nitrogen functional groups attached to an aromatic ring is 1. The van der Waals surface area contributed by atoms with Gasteiger partial charge in [0.05, 0.1) is 18.5 Å². The third-order valence-corrected chi connectivity index (χ3v) is 4.53. The molecule has 0 aliphatic heterocycles. The number of methoxy groups -OCH3 is 1. The van der Waals surface area contributed by atoms with Crippen molar-refractivity contribution in [1.82, 2.24) is 0 Å². The maximum absolute atomic E-state index is 5.98. The molecule has 0 bridgehead atoms. The van der Waals surface area contributed by atoms with Gasteiger partial charge < -0.3 is 15.8 Å². The van der Waals surface area contributed by atoms with Crippen LogP contribution in [0.25, 0.3) is 0 Å². The molecule has 0 amide bonds. The lowest BCUT2D eigenvalue weighted by atomic mass is 10.2. The van der Waals surface area contributed by atoms with Crippen molar-refractivity contribution >= 4 is 23.1 Å². The molecule has 0 spiro atoms. The van der Waals surface area contributed by atoms with Gasteiger partial charge in [-0.25, -0.2) is 0 Å². The lowest BCUT2D eigenvalue weighted by Crippen LogP contribution is -2.26. The second-order valence-electron chi connectivity index (χ2n) is 4.41. The topological polar surface area (TPSA) is 47.3 Å². The maximum Gasteiger partial charge on any atom is 0.121 e. The Kier molecular flexibility index (Phi) is 4.05. The lowest BCUT2D eigenvalue weighted by Gasteiger charge is -2.21. The summed E-state index contributed by atoms with van der Waals surface area (Å²) >= 11 is 1.94. The highest BCUT2D eigenvalue weighted by molar-refractivity contribution is 7.99. The zero-order valence-electron chi connectivity index (χ0n) is 10.4. The Bertz CT molecular complexity index is 384. The number of benzene rings is 1. The van der Waals surface area contributed by atoms with Gasteiger partial charge in [0.1, 0.15) is 5.75 Å². The predicted molar refractivity (Wildman–Crippen MR) is 76.0 cm³/mol. The van der Waals surface area contributed by atoms with Gasteiger partial charge in [-0.05, 0) is 31.2 Å². The highest BCUT2D eigenvalue weighted by Gasteiger charge is 2.26. The van der Waals surface area contributed by atoms with Gasteiger partial charge in [-0.15, -0.1) is 0 Å². The van der Waals surface area contributed by atoms with E-state index in [1.807, 2.05) is 30.0 Å². The molecule has 2 atom stereocenters. The van der Waals surface area contributed by atoms with Gasteiger partial charge in [0.2, 0.25) is 0 Å². The van der Waals surface area contributed by atoms with Crippen LogP contribution in [0.2, 0.25) is 0 Å². The molecule has 1 aliphatic rings. The Hall–Kier alpha value is -1.03. The van der Waals surface area contributed by atoms with Crippen molar-refractivity contribution in [3.8, 4) is 5.75 Å². The Balaban J connectivity index is 2.12. The molecule has 0 radical (unpaired) electrons. The van der Waals surface area contributed by atoms with Crippen molar-refractivity contribution in [2.45, 2.75) is 30.6 Å². The molecule has 3 N–H and O–H groups in total. The van der Waals surface area contributed by atoms with Crippen LogP contribution in [0.4, 0.5) is 11.4 Å². The van der Waals surface area contributed by atoms with E-state index in [0.29, 0.717) is 11.3 Å². The minimum absolute atomic E-state index is 0.527. The monoisotopic (exact) mass is 252 g/mol. The fraction of sp³-hybridized carbons (Fsp3) is 0.538. The normalized spacial score (nSPS) is 23.6. The summed E-state index contributed by atoms with van der Waals surface area (Å²) in [6.07, 6.45) is 6.00. The van der Waals surface area contributed by atoms with Crippen LogP contribution in [-0.2, 0) is 0 Å². The van der Waals surface area contributed by atoms with Gasteiger partial charge >= 0.3 is 0 Å². The van der Waals surface area contributed by atoms with Crippen LogP contribution in [0.15, 0.2) is 18.2 Å². The van der Waals surface area contributed by atoms with E-state index in [0.717, 1.165) is 17.1 Å². The van der Waals surface area contributed by atoms with Crippen LogP contribution < -0.4 is 15.8 Å². The summed E-state index contributed by atoms with van der Waals surface area (Å²) in [5.41, 5.74) is 7.77. The summed E-state index contributed by atoms with van der Waals surface area (Å²) in [4.78, 5) is 0. The first kappa shape index (κ1) is 12.4. The number of ether oxygens (including phenoxy) is 1. The zero-order valence-corrected chi connectivity index (χ0v) is 11.2. The van der Waals surface area contributed by atoms with Crippen LogP contribution in [-0.4, -0.2) is 24.7 Å². The first-order valence-corrected chi connectivity index (χ1v) is 7.26. The van der Waals surface area contributed by atoms with Gasteiger partial charge in [0, 0.05) is 17.4 Å². The summed E-state index contributed by atoms with van der Waals surface area (Å²) in [5.74, 6) is 0.848. The van der Waals surface area contributed by atoms with Gasteiger partial charge in [-0.3, -0.25) is 0 Å². The molecule has 1 saturated carbocycles. The predicted octanol–water partition coefficient (Wildman–Crippen LogP) is 2.97. The molecule has 0 saturated heterocycles. The van der Waals surface area contributed by atoms with E-state index in [9.17, 15) is 0 Å². The van der Waals surface area contributed by atoms with E-state index in [4.69, 9.17) is 10.5 Å². The Morgan fingerprint density at radius 1 is 1.41 bits per heavy atom. The Labute approximate surface area is 107 Å². The number of hydrogen-bond donors (Lipinski definition) is 2. The van der Waals surface area contributed by atoms with Crippen molar-refractivity contribution < 1.29 is 4.74 Å². The summed E-state index contributed by atoms with van der Waals surface area (Å²) in [5, 5.41) is 4.25. The van der Waals surface area contributed by atoms with Gasteiger partial charge in [-0.1, -0.05) is 6.42 Å². The molecule has 1 aromatic carbocycles. The fourth-order valence-corrected chi connectivity index (χ4v) is 3.30. The number of nitrogens with one attached hydrogen (secondary N) is 1. The molecule has 1 aliphatic carbocycles. The van der Waals surface area contributed by atoms with Crippen LogP contribution in [0.5, 0.6) is 5.75 Å². The average Bonchev–Trinajstić information content (AvgIpc) is 2.79. The first-order chi connectivity index (χ1) is 8.24. The molecular weight excluding hydrogens is 232 g/mol. The molecule has 1 aromatic rings. The molecule has 17 heavy (non-hydrogen) atoms. The van der Waals surface area contributed by atoms with E-state index in [2.05, 4.69) is 11.6 Å². The number of hydrogen-bond acceptors (Lipinski definition) is 4. The summed E-state index contributed by atoms with van der Waals surface area (Å²) in [7, 11) is 1.68. The third kappa shape index (κ3) is 2.80. The number of thioether (sulfide) groups is 1. The summed E-state index contributed by atoms with van der Waals surface area (Å²) < 4.78 is 5.23. The van der Waals surface area contributed by atoms with E-state index in [-0.39, 0.29) is 0 Å². The number of rotatable bonds is 4. The molecule has 0 heterocycles. The standard InChI is InChI=1S/C13H20N2OS/c1-16-9-6-7-10(14)12(8-9)15-11-4-3-5-13(11)17-2/h6-8,11,13,15H,3-5,14H2,1-2H3. The van der Waals surface area contributed by atoms with E-state index in [1.54, 1.807) is 7.11 Å². The molecular formula is C13H20N2OS. The largest absolute Gasteiger partial charge is 0.497 e. The smallest absolute Gasteiger partial charge is 0.121 e. The number of anilines is 2. The van der Waals surface area contributed by atoms with Crippen LogP contribution >= 0.6 is 11.8 Å². The Morgan fingerprint density at radius 2 is 2.24 bits per heavy atom. The third-order valence-electron chi connectivity index (χ3n) is 3.36. The van der Waals surface area contributed by atoms with Gasteiger partial charge in [0.25, 0.3) is 0 Å². The Morgan fingerprint density at radius 3 is 2.94 bits per heavy atom. The van der Waals surface area contributed by atoms with Crippen LogP contribution in [0, 0.1) is 0 Å². The second kappa shape index (κ2) is 5.54. The van der Waals surface area contributed by atoms with Crippen molar-refractivity contribution in [3.05, 3.63) is 18.2 Å². The fourth-order valence-electron chi connectivity index (χ4n) is 2.36. The first-order valence-electron chi connectivity index (χ1n) is 5.97. The molecule has 4 heteroatoms. The molecule has 2 rings (SSSR count). The maximum atomic E-state index is 5.98. The lowest BCUT2D eigenvalue weighted by molar-refractivity contribution is 0.415. The summed E-state index contributed by atoms with van der Waals surface area (Å²) in [6.45, 7) is 0. The van der Waals surface area contributed by atoms with Crippen molar-refractivity contribution in [1.29, 1.82) is 0 Å². The highest BCUT2D eigenvalue weighted by Crippen LogP contribution is 2.33. The van der Waals surface area contributed by atoms with Crippen molar-refractivity contribution in [2.75, 3.05) is 24.4 Å². The SMILES string of the molecule is COc1ccc(N)c(NC2CCCC2SC)c1. The molecule has 1 fully saturated rings. The summed E-state index contributed by atoms with van der Waals surface area (Å²) in [6, 6.07) is 6.29. The van der Waals surface area contributed by atoms with Crippen molar-refractivity contribution in [2.24, 2.45) is 0 Å². The van der Waals surface area contributed by atoms with Gasteiger partial charge in [-0.2, -0.15) is 11.8 Å². The molecule has 3 nitrogen and oxygen atoms in total. The molecule has 94 valence electrons. The quantitative estimate of drug-likeness (QED) is 0.809. The highest BCUT2D eigenvalue weighted by atomic mass is 32.2. The van der Waals surface area contributed by atoms with E-state index < -0.39 is 0 Å². The zero-order chi connectivity index (χ0) is 12.3. The van der Waals surface area contributed by atoms with E-state index in [1.165, 1.54) is 19.3 Å². The van der Waals surface area contributed by atoms with E-state index >= 15 is 0 Å². The molecule has 0 aromatic heterocycles. The number of nitrogens with two attached hydrogens (primary N) is 1. The van der Waals surface area contributed by atoms with Crippen molar-refractivity contribution in [3.63, 3.8) is 0 Å². The minimum Gasteiger partial charge on any atom is -0.497 e. The second-order valence-corrected chi connectivity index (χ2v) is 5.49. The van der Waals surface area contributed by atoms with Crippen LogP contribution in [0.1, 0.15) is 19.3 Å². The average molecular weight is 252 g/mol. The molecule has 2 unspecified atom stereocenters. The van der Waals surface area contributed by atoms with Gasteiger partial charge in [0.15, 0.2) is 0 Å².